The standard InChI is InChI=1S/C17H24F2N2O3/c18-17(19)7-11(8-17)15(22)21-9-13(12-3-6-24-14(12)10-21)16(23)20-4-1-2-5-20/h11-14H,1-10H2/t12-,13+,14+/m0/s1. The molecular weight excluding hydrogens is 318 g/mol. The van der Waals surface area contributed by atoms with E-state index < -0.39 is 11.8 Å². The molecule has 24 heavy (non-hydrogen) atoms. The van der Waals surface area contributed by atoms with Gasteiger partial charge < -0.3 is 14.5 Å². The first-order valence-electron chi connectivity index (χ1n) is 9.02. The fourth-order valence-electron chi connectivity index (χ4n) is 4.69. The van der Waals surface area contributed by atoms with E-state index in [4.69, 9.17) is 4.74 Å². The lowest BCUT2D eigenvalue weighted by Crippen LogP contribution is -2.57. The van der Waals surface area contributed by atoms with Crippen molar-refractivity contribution >= 4 is 11.8 Å². The second kappa shape index (κ2) is 5.93. The summed E-state index contributed by atoms with van der Waals surface area (Å²) in [6, 6.07) is 0. The van der Waals surface area contributed by atoms with E-state index in [9.17, 15) is 18.4 Å². The second-order valence-electron chi connectivity index (χ2n) is 7.71. The molecule has 0 aromatic carbocycles. The Morgan fingerprint density at radius 1 is 1.00 bits per heavy atom. The highest BCUT2D eigenvalue weighted by Crippen LogP contribution is 2.44. The average Bonchev–Trinajstić information content (AvgIpc) is 3.20. The van der Waals surface area contributed by atoms with Gasteiger partial charge in [0.05, 0.1) is 12.0 Å². The zero-order chi connectivity index (χ0) is 16.9. The van der Waals surface area contributed by atoms with Crippen LogP contribution in [-0.4, -0.2) is 66.4 Å². The minimum absolute atomic E-state index is 0.115. The summed E-state index contributed by atoms with van der Waals surface area (Å²) in [5.41, 5.74) is 0. The number of amides is 2. The number of fused-ring (bicyclic) bond motifs is 1. The molecule has 2 amide bonds. The molecule has 7 heteroatoms. The van der Waals surface area contributed by atoms with Crippen LogP contribution in [0.2, 0.25) is 0 Å². The number of piperidine rings is 1. The van der Waals surface area contributed by atoms with E-state index in [1.807, 2.05) is 4.90 Å². The molecule has 0 spiro atoms. The summed E-state index contributed by atoms with van der Waals surface area (Å²) in [5, 5.41) is 0. The highest BCUT2D eigenvalue weighted by atomic mass is 19.3. The Morgan fingerprint density at radius 3 is 2.38 bits per heavy atom. The molecular formula is C17H24F2N2O3. The summed E-state index contributed by atoms with van der Waals surface area (Å²) in [6.45, 7) is 2.99. The Labute approximate surface area is 140 Å². The maximum absolute atomic E-state index is 13.1. The zero-order valence-corrected chi connectivity index (χ0v) is 13.8. The van der Waals surface area contributed by atoms with Gasteiger partial charge in [-0.1, -0.05) is 0 Å². The third kappa shape index (κ3) is 2.80. The van der Waals surface area contributed by atoms with Crippen molar-refractivity contribution in [3.05, 3.63) is 0 Å². The Balaban J connectivity index is 1.47. The Hall–Kier alpha value is -1.24. The Morgan fingerprint density at radius 2 is 1.71 bits per heavy atom. The number of carbonyl (C=O) groups is 2. The van der Waals surface area contributed by atoms with Crippen LogP contribution in [0.15, 0.2) is 0 Å². The molecule has 3 atom stereocenters. The average molecular weight is 342 g/mol. The number of carbonyl (C=O) groups excluding carboxylic acids is 2. The lowest BCUT2D eigenvalue weighted by molar-refractivity contribution is -0.166. The van der Waals surface area contributed by atoms with E-state index in [2.05, 4.69) is 0 Å². The van der Waals surface area contributed by atoms with E-state index in [-0.39, 0.29) is 42.6 Å². The number of hydrogen-bond acceptors (Lipinski definition) is 3. The molecule has 0 radical (unpaired) electrons. The van der Waals surface area contributed by atoms with Crippen LogP contribution in [0.5, 0.6) is 0 Å². The molecule has 0 unspecified atom stereocenters. The number of hydrogen-bond donors (Lipinski definition) is 0. The van der Waals surface area contributed by atoms with E-state index in [1.54, 1.807) is 4.90 Å². The van der Waals surface area contributed by atoms with Gasteiger partial charge in [0, 0.05) is 57.5 Å². The number of alkyl halides is 2. The summed E-state index contributed by atoms with van der Waals surface area (Å²) in [4.78, 5) is 28.9. The molecule has 4 aliphatic rings. The molecule has 5 nitrogen and oxygen atoms in total. The molecule has 0 N–H and O–H groups in total. The zero-order valence-electron chi connectivity index (χ0n) is 13.8. The van der Waals surface area contributed by atoms with Crippen molar-refractivity contribution in [1.82, 2.24) is 9.80 Å². The maximum Gasteiger partial charge on any atom is 0.249 e. The minimum Gasteiger partial charge on any atom is -0.376 e. The quantitative estimate of drug-likeness (QED) is 0.764. The van der Waals surface area contributed by atoms with Gasteiger partial charge in [0.1, 0.15) is 0 Å². The van der Waals surface area contributed by atoms with Crippen molar-refractivity contribution in [3.8, 4) is 0 Å². The fraction of sp³-hybridized carbons (Fsp3) is 0.882. The molecule has 0 aromatic rings. The van der Waals surface area contributed by atoms with Crippen LogP contribution in [0.4, 0.5) is 8.78 Å². The van der Waals surface area contributed by atoms with Crippen molar-refractivity contribution in [1.29, 1.82) is 0 Å². The van der Waals surface area contributed by atoms with Crippen LogP contribution >= 0.6 is 0 Å². The lowest BCUT2D eigenvalue weighted by atomic mass is 9.78. The molecule has 3 aliphatic heterocycles. The molecule has 1 aliphatic carbocycles. The number of nitrogens with zero attached hydrogens (tertiary/aromatic N) is 2. The van der Waals surface area contributed by atoms with E-state index in [1.165, 1.54) is 0 Å². The van der Waals surface area contributed by atoms with Crippen LogP contribution in [0.1, 0.15) is 32.1 Å². The second-order valence-corrected chi connectivity index (χ2v) is 7.71. The van der Waals surface area contributed by atoms with Gasteiger partial charge in [-0.25, -0.2) is 8.78 Å². The SMILES string of the molecule is O=C(C1CC(F)(F)C1)N1C[C@H]2OCC[C@H]2[C@H](C(=O)N2CCCC2)C1. The van der Waals surface area contributed by atoms with Gasteiger partial charge in [0.2, 0.25) is 17.7 Å². The van der Waals surface area contributed by atoms with Crippen molar-refractivity contribution in [2.75, 3.05) is 32.8 Å². The maximum atomic E-state index is 13.1. The highest BCUT2D eigenvalue weighted by molar-refractivity contribution is 5.83. The number of rotatable bonds is 2. The van der Waals surface area contributed by atoms with E-state index >= 15 is 0 Å². The summed E-state index contributed by atoms with van der Waals surface area (Å²) in [7, 11) is 0. The monoisotopic (exact) mass is 342 g/mol. The molecule has 3 heterocycles. The van der Waals surface area contributed by atoms with Gasteiger partial charge in [0.15, 0.2) is 0 Å². The van der Waals surface area contributed by atoms with Crippen molar-refractivity contribution in [2.24, 2.45) is 17.8 Å². The topological polar surface area (TPSA) is 49.9 Å². The molecule has 134 valence electrons. The predicted molar refractivity (Wildman–Crippen MR) is 81.4 cm³/mol. The fourth-order valence-corrected chi connectivity index (χ4v) is 4.69. The number of likely N-dealkylation sites (tertiary alicyclic amines) is 2. The minimum atomic E-state index is -2.70. The van der Waals surface area contributed by atoms with Crippen LogP contribution in [-0.2, 0) is 14.3 Å². The van der Waals surface area contributed by atoms with Gasteiger partial charge in [-0.05, 0) is 19.3 Å². The van der Waals surface area contributed by atoms with E-state index in [0.29, 0.717) is 19.7 Å². The number of halogens is 2. The third-order valence-electron chi connectivity index (χ3n) is 6.08. The van der Waals surface area contributed by atoms with Crippen molar-refractivity contribution < 1.29 is 23.1 Å². The van der Waals surface area contributed by atoms with Crippen LogP contribution in [0.3, 0.4) is 0 Å². The Bertz CT molecular complexity index is 528. The molecule has 1 saturated carbocycles. The van der Waals surface area contributed by atoms with E-state index in [0.717, 1.165) is 32.4 Å². The molecule has 4 rings (SSSR count). The molecule has 4 fully saturated rings. The van der Waals surface area contributed by atoms with Crippen LogP contribution in [0.25, 0.3) is 0 Å². The molecule has 3 saturated heterocycles. The van der Waals surface area contributed by atoms with Crippen LogP contribution < -0.4 is 0 Å². The summed E-state index contributed by atoms with van der Waals surface area (Å²) in [5.74, 6) is -3.49. The lowest BCUT2D eigenvalue weighted by Gasteiger charge is -2.44. The first-order valence-corrected chi connectivity index (χ1v) is 9.02. The third-order valence-corrected chi connectivity index (χ3v) is 6.08. The summed E-state index contributed by atoms with van der Waals surface area (Å²) in [6.07, 6.45) is 2.06. The number of ether oxygens (including phenoxy) is 1. The van der Waals surface area contributed by atoms with Gasteiger partial charge in [-0.2, -0.15) is 0 Å². The van der Waals surface area contributed by atoms with Crippen molar-refractivity contribution in [3.63, 3.8) is 0 Å². The van der Waals surface area contributed by atoms with Gasteiger partial charge in [0.25, 0.3) is 0 Å². The predicted octanol–water partition coefficient (Wildman–Crippen LogP) is 1.52. The van der Waals surface area contributed by atoms with Gasteiger partial charge in [-0.3, -0.25) is 9.59 Å². The van der Waals surface area contributed by atoms with Crippen molar-refractivity contribution in [2.45, 2.75) is 44.1 Å². The summed E-state index contributed by atoms with van der Waals surface area (Å²) < 4.78 is 31.9. The largest absolute Gasteiger partial charge is 0.376 e. The van der Waals surface area contributed by atoms with Crippen LogP contribution in [0, 0.1) is 17.8 Å². The smallest absolute Gasteiger partial charge is 0.249 e. The first kappa shape index (κ1) is 16.2. The van der Waals surface area contributed by atoms with Gasteiger partial charge >= 0.3 is 0 Å². The normalized spacial score (nSPS) is 35.7. The van der Waals surface area contributed by atoms with Gasteiger partial charge in [-0.15, -0.1) is 0 Å². The molecule has 0 aromatic heterocycles. The first-order chi connectivity index (χ1) is 11.4. The molecule has 0 bridgehead atoms. The highest BCUT2D eigenvalue weighted by Gasteiger charge is 2.52. The summed E-state index contributed by atoms with van der Waals surface area (Å²) >= 11 is 0. The Kier molecular flexibility index (Phi) is 4.01.